The number of aromatic amines is 1. The number of hydrogen-bond donors (Lipinski definition) is 2. The molecule has 24 heavy (non-hydrogen) atoms. The standard InChI is InChI=1S/C18H16ClN3O2/c1-10-7-14-16(23)15(9-20-17(14)22-11(10)2)18(24)21-8-12-3-5-13(19)6-4-12/h3-7,9H,8H2,1-2H3,(H,21,24)(H,20,22,23). The lowest BCUT2D eigenvalue weighted by atomic mass is 10.1. The highest BCUT2D eigenvalue weighted by atomic mass is 35.5. The normalized spacial score (nSPS) is 10.8. The maximum atomic E-state index is 12.6. The molecule has 5 nitrogen and oxygen atoms in total. The molecule has 6 heteroatoms. The first kappa shape index (κ1) is 16.2. The van der Waals surface area contributed by atoms with Gasteiger partial charge in [0, 0.05) is 23.5 Å². The predicted molar refractivity (Wildman–Crippen MR) is 94.5 cm³/mol. The Balaban J connectivity index is 1.87. The molecule has 0 aliphatic rings. The van der Waals surface area contributed by atoms with Crippen molar-refractivity contribution in [2.75, 3.05) is 0 Å². The molecular weight excluding hydrogens is 326 g/mol. The van der Waals surface area contributed by atoms with Crippen LogP contribution in [0, 0.1) is 13.8 Å². The van der Waals surface area contributed by atoms with Crippen molar-refractivity contribution in [3.63, 3.8) is 0 Å². The third-order valence-corrected chi connectivity index (χ3v) is 4.17. The molecule has 0 atom stereocenters. The zero-order valence-electron chi connectivity index (χ0n) is 13.3. The van der Waals surface area contributed by atoms with Crippen LogP contribution in [0.25, 0.3) is 11.0 Å². The molecule has 3 rings (SSSR count). The van der Waals surface area contributed by atoms with E-state index in [1.54, 1.807) is 18.2 Å². The van der Waals surface area contributed by atoms with Crippen molar-refractivity contribution in [3.05, 3.63) is 74.2 Å². The number of nitrogens with zero attached hydrogens (tertiary/aromatic N) is 1. The van der Waals surface area contributed by atoms with Gasteiger partial charge < -0.3 is 10.3 Å². The Morgan fingerprint density at radius 1 is 1.25 bits per heavy atom. The average molecular weight is 342 g/mol. The van der Waals surface area contributed by atoms with Crippen LogP contribution in [0.2, 0.25) is 5.02 Å². The highest BCUT2D eigenvalue weighted by Gasteiger charge is 2.14. The number of H-pyrrole nitrogens is 1. The van der Waals surface area contributed by atoms with Crippen molar-refractivity contribution in [2.45, 2.75) is 20.4 Å². The first-order valence-corrected chi connectivity index (χ1v) is 7.86. The number of carbonyl (C=O) groups is 1. The minimum absolute atomic E-state index is 0.0708. The highest BCUT2D eigenvalue weighted by Crippen LogP contribution is 2.12. The maximum absolute atomic E-state index is 12.6. The van der Waals surface area contributed by atoms with Crippen LogP contribution in [0.3, 0.4) is 0 Å². The average Bonchev–Trinajstić information content (AvgIpc) is 2.56. The summed E-state index contributed by atoms with van der Waals surface area (Å²) in [6, 6.07) is 8.91. The lowest BCUT2D eigenvalue weighted by molar-refractivity contribution is 0.0949. The zero-order valence-corrected chi connectivity index (χ0v) is 14.1. The minimum Gasteiger partial charge on any atom is -0.348 e. The van der Waals surface area contributed by atoms with Gasteiger partial charge in [-0.15, -0.1) is 0 Å². The van der Waals surface area contributed by atoms with Crippen molar-refractivity contribution >= 4 is 28.5 Å². The minimum atomic E-state index is -0.425. The van der Waals surface area contributed by atoms with Gasteiger partial charge in [0.2, 0.25) is 5.43 Å². The number of halogens is 1. The molecule has 0 saturated heterocycles. The van der Waals surface area contributed by atoms with E-state index < -0.39 is 5.91 Å². The molecule has 0 unspecified atom stereocenters. The molecule has 0 saturated carbocycles. The molecule has 2 heterocycles. The van der Waals surface area contributed by atoms with E-state index in [-0.39, 0.29) is 11.0 Å². The third-order valence-electron chi connectivity index (χ3n) is 3.92. The first-order valence-electron chi connectivity index (χ1n) is 7.48. The molecule has 0 fully saturated rings. The molecular formula is C18H16ClN3O2. The molecule has 3 aromatic rings. The second-order valence-corrected chi connectivity index (χ2v) is 6.06. The summed E-state index contributed by atoms with van der Waals surface area (Å²) < 4.78 is 0. The molecule has 2 aromatic heterocycles. The Hall–Kier alpha value is -2.66. The summed E-state index contributed by atoms with van der Waals surface area (Å²) in [5.41, 5.74) is 2.88. The Morgan fingerprint density at radius 3 is 2.67 bits per heavy atom. The van der Waals surface area contributed by atoms with Crippen molar-refractivity contribution in [1.29, 1.82) is 0 Å². The summed E-state index contributed by atoms with van der Waals surface area (Å²) in [7, 11) is 0. The number of aryl methyl sites for hydroxylation is 2. The van der Waals surface area contributed by atoms with E-state index in [4.69, 9.17) is 11.6 Å². The summed E-state index contributed by atoms with van der Waals surface area (Å²) in [5, 5.41) is 3.79. The number of rotatable bonds is 3. The van der Waals surface area contributed by atoms with Gasteiger partial charge in [-0.3, -0.25) is 9.59 Å². The SMILES string of the molecule is Cc1cc2c(=O)c(C(=O)NCc3ccc(Cl)cc3)c[nH]c2nc1C. The monoisotopic (exact) mass is 341 g/mol. The lowest BCUT2D eigenvalue weighted by Gasteiger charge is -2.07. The molecule has 2 N–H and O–H groups in total. The van der Waals surface area contributed by atoms with Gasteiger partial charge in [0.15, 0.2) is 0 Å². The quantitative estimate of drug-likeness (QED) is 0.768. The Bertz CT molecular complexity index is 978. The Kier molecular flexibility index (Phi) is 4.36. The number of amides is 1. The Labute approximate surface area is 143 Å². The second kappa shape index (κ2) is 6.45. The molecule has 0 aliphatic heterocycles. The summed E-state index contributed by atoms with van der Waals surface area (Å²) in [6.45, 7) is 4.08. The van der Waals surface area contributed by atoms with Crippen molar-refractivity contribution in [3.8, 4) is 0 Å². The van der Waals surface area contributed by atoms with Gasteiger partial charge in [-0.25, -0.2) is 4.98 Å². The summed E-state index contributed by atoms with van der Waals surface area (Å²) in [6.07, 6.45) is 1.41. The largest absolute Gasteiger partial charge is 0.348 e. The van der Waals surface area contributed by atoms with Crippen LogP contribution in [0.1, 0.15) is 27.2 Å². The van der Waals surface area contributed by atoms with E-state index in [0.717, 1.165) is 16.8 Å². The summed E-state index contributed by atoms with van der Waals surface area (Å²) in [5.74, 6) is -0.425. The first-order chi connectivity index (χ1) is 11.5. The molecule has 1 amide bonds. The van der Waals surface area contributed by atoms with Gasteiger partial charge in [-0.05, 0) is 43.2 Å². The number of nitrogens with one attached hydrogen (secondary N) is 2. The van der Waals surface area contributed by atoms with Gasteiger partial charge in [0.05, 0.1) is 5.39 Å². The van der Waals surface area contributed by atoms with Crippen molar-refractivity contribution in [2.24, 2.45) is 0 Å². The van der Waals surface area contributed by atoms with E-state index in [1.165, 1.54) is 6.20 Å². The molecule has 1 aromatic carbocycles. The maximum Gasteiger partial charge on any atom is 0.257 e. The van der Waals surface area contributed by atoms with E-state index in [9.17, 15) is 9.59 Å². The fraction of sp³-hybridized carbons (Fsp3) is 0.167. The van der Waals surface area contributed by atoms with Crippen LogP contribution in [-0.4, -0.2) is 15.9 Å². The van der Waals surface area contributed by atoms with Crippen LogP contribution in [-0.2, 0) is 6.54 Å². The number of pyridine rings is 2. The van der Waals surface area contributed by atoms with Gasteiger partial charge >= 0.3 is 0 Å². The van der Waals surface area contributed by atoms with E-state index in [2.05, 4.69) is 15.3 Å². The fourth-order valence-electron chi connectivity index (χ4n) is 2.39. The highest BCUT2D eigenvalue weighted by molar-refractivity contribution is 6.30. The van der Waals surface area contributed by atoms with Crippen molar-refractivity contribution in [1.82, 2.24) is 15.3 Å². The van der Waals surface area contributed by atoms with E-state index in [0.29, 0.717) is 22.6 Å². The number of aromatic nitrogens is 2. The van der Waals surface area contributed by atoms with Gasteiger partial charge in [0.1, 0.15) is 11.2 Å². The van der Waals surface area contributed by atoms with Crippen LogP contribution < -0.4 is 10.7 Å². The summed E-state index contributed by atoms with van der Waals surface area (Å²) in [4.78, 5) is 32.1. The Morgan fingerprint density at radius 2 is 1.96 bits per heavy atom. The zero-order chi connectivity index (χ0) is 17.3. The van der Waals surface area contributed by atoms with E-state index >= 15 is 0 Å². The lowest BCUT2D eigenvalue weighted by Crippen LogP contribution is -2.28. The smallest absolute Gasteiger partial charge is 0.257 e. The van der Waals surface area contributed by atoms with Crippen molar-refractivity contribution < 1.29 is 4.79 Å². The number of hydrogen-bond acceptors (Lipinski definition) is 3. The molecule has 0 bridgehead atoms. The molecule has 0 radical (unpaired) electrons. The van der Waals surface area contributed by atoms with Gasteiger partial charge in [-0.1, -0.05) is 23.7 Å². The van der Waals surface area contributed by atoms with E-state index in [1.807, 2.05) is 26.0 Å². The summed E-state index contributed by atoms with van der Waals surface area (Å²) >= 11 is 5.83. The van der Waals surface area contributed by atoms with Gasteiger partial charge in [0.25, 0.3) is 5.91 Å². The van der Waals surface area contributed by atoms with Crippen LogP contribution >= 0.6 is 11.6 Å². The van der Waals surface area contributed by atoms with Crippen LogP contribution in [0.15, 0.2) is 41.3 Å². The van der Waals surface area contributed by atoms with Crippen LogP contribution in [0.5, 0.6) is 0 Å². The number of fused-ring (bicyclic) bond motifs is 1. The number of carbonyl (C=O) groups excluding carboxylic acids is 1. The predicted octanol–water partition coefficient (Wildman–Crippen LogP) is 3.12. The third kappa shape index (κ3) is 3.16. The second-order valence-electron chi connectivity index (χ2n) is 5.63. The van der Waals surface area contributed by atoms with Crippen LogP contribution in [0.4, 0.5) is 0 Å². The molecule has 0 aliphatic carbocycles. The fourth-order valence-corrected chi connectivity index (χ4v) is 2.51. The molecule has 0 spiro atoms. The number of benzene rings is 1. The topological polar surface area (TPSA) is 74.8 Å². The molecule has 122 valence electrons. The van der Waals surface area contributed by atoms with Gasteiger partial charge in [-0.2, -0.15) is 0 Å².